The zero-order chi connectivity index (χ0) is 10.3. The van der Waals surface area contributed by atoms with E-state index in [1.54, 1.807) is 0 Å². The third-order valence-corrected chi connectivity index (χ3v) is 2.34. The molecule has 9 heteroatoms. The average Bonchev–Trinajstić information content (AvgIpc) is 2.40. The average molecular weight is 220 g/mol. The summed E-state index contributed by atoms with van der Waals surface area (Å²) in [7, 11) is -4.05. The lowest BCUT2D eigenvalue weighted by Gasteiger charge is -2.12. The van der Waals surface area contributed by atoms with Gasteiger partial charge >= 0.3 is 10.4 Å². The van der Waals surface area contributed by atoms with Crippen LogP contribution in [0.2, 0.25) is 0 Å². The Morgan fingerprint density at radius 1 is 1.64 bits per heavy atom. The standard InChI is InChI=1S/C5H8N4O4S/c1-2-9-4(6)3-5(7-9)12-14(10,11)13-8-3/h8H,2,6H2,1H3. The van der Waals surface area contributed by atoms with Crippen LogP contribution in [0.5, 0.6) is 5.88 Å². The van der Waals surface area contributed by atoms with Crippen molar-refractivity contribution in [1.29, 1.82) is 0 Å². The van der Waals surface area contributed by atoms with Crippen LogP contribution in [-0.4, -0.2) is 18.2 Å². The van der Waals surface area contributed by atoms with Crippen molar-refractivity contribution in [3.05, 3.63) is 0 Å². The van der Waals surface area contributed by atoms with E-state index in [1.165, 1.54) is 4.68 Å². The number of nitrogens with zero attached hydrogens (tertiary/aromatic N) is 2. The Kier molecular flexibility index (Phi) is 1.79. The molecule has 14 heavy (non-hydrogen) atoms. The molecule has 0 radical (unpaired) electrons. The normalized spacial score (nSPS) is 18.1. The van der Waals surface area contributed by atoms with Crippen molar-refractivity contribution in [2.45, 2.75) is 13.5 Å². The van der Waals surface area contributed by atoms with E-state index in [1.807, 2.05) is 6.92 Å². The third kappa shape index (κ3) is 1.26. The summed E-state index contributed by atoms with van der Waals surface area (Å²) in [5, 5.41) is 3.81. The number of rotatable bonds is 1. The number of nitrogens with one attached hydrogen (secondary N) is 1. The Balaban J connectivity index is 2.50. The second-order valence-corrected chi connectivity index (χ2v) is 3.71. The van der Waals surface area contributed by atoms with E-state index in [2.05, 4.69) is 19.0 Å². The van der Waals surface area contributed by atoms with Gasteiger partial charge in [-0.1, -0.05) is 0 Å². The third-order valence-electron chi connectivity index (χ3n) is 1.69. The minimum atomic E-state index is -4.05. The zero-order valence-corrected chi connectivity index (χ0v) is 8.04. The lowest BCUT2D eigenvalue weighted by molar-refractivity contribution is 0.305. The van der Waals surface area contributed by atoms with Crippen LogP contribution in [0.25, 0.3) is 0 Å². The fourth-order valence-corrected chi connectivity index (χ4v) is 1.58. The molecule has 1 aromatic rings. The van der Waals surface area contributed by atoms with Gasteiger partial charge in [-0.05, 0) is 6.92 Å². The smallest absolute Gasteiger partial charge is 0.382 e. The quantitative estimate of drug-likeness (QED) is 0.654. The molecule has 0 spiro atoms. The number of hydrogen-bond donors (Lipinski definition) is 2. The molecule has 2 heterocycles. The van der Waals surface area contributed by atoms with E-state index >= 15 is 0 Å². The Morgan fingerprint density at radius 3 is 3.00 bits per heavy atom. The molecule has 0 saturated carbocycles. The number of aromatic nitrogens is 2. The first-order chi connectivity index (χ1) is 6.53. The fraction of sp³-hybridized carbons (Fsp3) is 0.400. The molecular weight excluding hydrogens is 212 g/mol. The Morgan fingerprint density at radius 2 is 2.36 bits per heavy atom. The van der Waals surface area contributed by atoms with Crippen molar-refractivity contribution in [1.82, 2.24) is 9.78 Å². The van der Waals surface area contributed by atoms with Crippen LogP contribution in [0.3, 0.4) is 0 Å². The molecule has 0 amide bonds. The van der Waals surface area contributed by atoms with E-state index in [0.29, 0.717) is 6.54 Å². The highest BCUT2D eigenvalue weighted by Gasteiger charge is 2.29. The second kappa shape index (κ2) is 2.75. The Labute approximate surface area is 79.9 Å². The van der Waals surface area contributed by atoms with Gasteiger partial charge in [0.25, 0.3) is 5.88 Å². The summed E-state index contributed by atoms with van der Waals surface area (Å²) in [6.45, 7) is 2.31. The van der Waals surface area contributed by atoms with Crippen molar-refractivity contribution >= 4 is 21.9 Å². The molecule has 0 unspecified atom stereocenters. The lowest BCUT2D eigenvalue weighted by Crippen LogP contribution is -2.22. The molecule has 0 aliphatic carbocycles. The number of nitrogen functional groups attached to an aromatic ring is 1. The van der Waals surface area contributed by atoms with E-state index in [0.717, 1.165) is 0 Å². The topological polar surface area (TPSA) is 108 Å². The van der Waals surface area contributed by atoms with Crippen molar-refractivity contribution in [2.75, 3.05) is 11.2 Å². The van der Waals surface area contributed by atoms with Gasteiger partial charge in [0.1, 0.15) is 0 Å². The summed E-state index contributed by atoms with van der Waals surface area (Å²) in [6.07, 6.45) is 0. The highest BCUT2D eigenvalue weighted by Crippen LogP contribution is 2.34. The van der Waals surface area contributed by atoms with E-state index in [4.69, 9.17) is 5.73 Å². The maximum absolute atomic E-state index is 10.8. The van der Waals surface area contributed by atoms with E-state index in [-0.39, 0.29) is 17.4 Å². The zero-order valence-electron chi connectivity index (χ0n) is 7.22. The van der Waals surface area contributed by atoms with Crippen LogP contribution in [0.4, 0.5) is 11.5 Å². The summed E-state index contributed by atoms with van der Waals surface area (Å²) >= 11 is 0. The summed E-state index contributed by atoms with van der Waals surface area (Å²) in [6, 6.07) is 0. The van der Waals surface area contributed by atoms with Gasteiger partial charge in [0, 0.05) is 6.54 Å². The van der Waals surface area contributed by atoms with Gasteiger partial charge in [-0.2, -0.15) is 8.42 Å². The summed E-state index contributed by atoms with van der Waals surface area (Å²) in [4.78, 5) is 0. The first kappa shape index (κ1) is 9.09. The lowest BCUT2D eigenvalue weighted by atomic mass is 10.5. The predicted octanol–water partition coefficient (Wildman–Crippen LogP) is -0.534. The van der Waals surface area contributed by atoms with Crippen LogP contribution in [0.1, 0.15) is 6.92 Å². The maximum Gasteiger partial charge on any atom is 0.472 e. The van der Waals surface area contributed by atoms with Gasteiger partial charge in [-0.3, -0.25) is 0 Å². The highest BCUT2D eigenvalue weighted by atomic mass is 32.3. The highest BCUT2D eigenvalue weighted by molar-refractivity contribution is 7.82. The van der Waals surface area contributed by atoms with Crippen molar-refractivity contribution in [3.63, 3.8) is 0 Å². The summed E-state index contributed by atoms with van der Waals surface area (Å²) < 4.78 is 31.7. The molecule has 8 nitrogen and oxygen atoms in total. The molecule has 1 aromatic heterocycles. The van der Waals surface area contributed by atoms with Crippen LogP contribution in [-0.2, 0) is 21.2 Å². The molecule has 2 rings (SSSR count). The van der Waals surface area contributed by atoms with Gasteiger partial charge in [0.2, 0.25) is 0 Å². The van der Waals surface area contributed by atoms with Crippen LogP contribution >= 0.6 is 0 Å². The predicted molar refractivity (Wildman–Crippen MR) is 46.6 cm³/mol. The number of hydrogen-bond acceptors (Lipinski definition) is 7. The van der Waals surface area contributed by atoms with Crippen LogP contribution < -0.4 is 15.4 Å². The number of nitrogens with two attached hydrogens (primary N) is 1. The number of fused-ring (bicyclic) bond motifs is 1. The van der Waals surface area contributed by atoms with Crippen molar-refractivity contribution in [3.8, 4) is 5.88 Å². The molecule has 0 bridgehead atoms. The molecule has 0 aromatic carbocycles. The molecule has 78 valence electrons. The van der Waals surface area contributed by atoms with Crippen LogP contribution in [0.15, 0.2) is 0 Å². The largest absolute Gasteiger partial charge is 0.472 e. The summed E-state index contributed by atoms with van der Waals surface area (Å²) in [5.74, 6) is 0.160. The summed E-state index contributed by atoms with van der Waals surface area (Å²) in [5.41, 5.74) is 7.98. The number of anilines is 2. The first-order valence-corrected chi connectivity index (χ1v) is 5.12. The molecule has 1 aliphatic heterocycles. The maximum atomic E-state index is 10.8. The van der Waals surface area contributed by atoms with Gasteiger partial charge in [0.05, 0.1) is 0 Å². The molecule has 0 fully saturated rings. The van der Waals surface area contributed by atoms with Crippen molar-refractivity contribution < 1.29 is 16.9 Å². The molecule has 3 N–H and O–H groups in total. The van der Waals surface area contributed by atoms with Gasteiger partial charge in [-0.15, -0.1) is 9.38 Å². The van der Waals surface area contributed by atoms with Crippen LogP contribution in [0, 0.1) is 0 Å². The SMILES string of the molecule is CCn1nc2c(c1N)NOS(=O)(=O)O2. The minimum absolute atomic E-state index is 0.101. The molecule has 1 aliphatic rings. The molecule has 0 saturated heterocycles. The van der Waals surface area contributed by atoms with Gasteiger partial charge in [-0.25, -0.2) is 10.2 Å². The minimum Gasteiger partial charge on any atom is -0.382 e. The number of aryl methyl sites for hydroxylation is 1. The Bertz CT molecular complexity index is 464. The fourth-order valence-electron chi connectivity index (χ4n) is 1.05. The molecular formula is C5H8N4O4S. The van der Waals surface area contributed by atoms with Gasteiger partial charge < -0.3 is 9.92 Å². The first-order valence-electron chi connectivity index (χ1n) is 3.78. The Hall–Kier alpha value is -1.48. The van der Waals surface area contributed by atoms with Crippen molar-refractivity contribution in [2.24, 2.45) is 0 Å². The van der Waals surface area contributed by atoms with E-state index < -0.39 is 10.4 Å². The second-order valence-electron chi connectivity index (χ2n) is 2.56. The molecule has 0 atom stereocenters. The van der Waals surface area contributed by atoms with E-state index in [9.17, 15) is 8.42 Å². The monoisotopic (exact) mass is 220 g/mol. The van der Waals surface area contributed by atoms with Gasteiger partial charge in [0.15, 0.2) is 11.5 Å².